The number of nitrogens with zero attached hydrogens (tertiary/aromatic N) is 2. The maximum atomic E-state index is 14.3. The smallest absolute Gasteiger partial charge is 0.292 e. The minimum Gasteiger partial charge on any atom is -0.438 e. The van der Waals surface area contributed by atoms with E-state index in [0.717, 1.165) is 17.5 Å². The van der Waals surface area contributed by atoms with Crippen molar-refractivity contribution in [3.8, 4) is 0 Å². The summed E-state index contributed by atoms with van der Waals surface area (Å²) in [5, 5.41) is 3.05. The van der Waals surface area contributed by atoms with Crippen LogP contribution in [0, 0.1) is 0 Å². The maximum absolute atomic E-state index is 14.3. The van der Waals surface area contributed by atoms with Crippen molar-refractivity contribution >= 4 is 11.8 Å². The van der Waals surface area contributed by atoms with E-state index >= 15 is 0 Å². The lowest BCUT2D eigenvalue weighted by molar-refractivity contribution is -0.125. The third kappa shape index (κ3) is 4.56. The van der Waals surface area contributed by atoms with Crippen LogP contribution < -0.4 is 5.32 Å². The fraction of sp³-hybridized carbons (Fsp3) is 0.320. The maximum Gasteiger partial charge on any atom is 0.292 e. The van der Waals surface area contributed by atoms with Gasteiger partial charge in [0.2, 0.25) is 11.7 Å². The lowest BCUT2D eigenvalue weighted by Crippen LogP contribution is -2.47. The number of nitrogens with one attached hydrogen (secondary N) is 1. The minimum atomic E-state index is -1.28. The number of hydrogen-bond acceptors (Lipinski definition) is 4. The Balaban J connectivity index is 1.60. The minimum absolute atomic E-state index is 0.0132. The second-order valence-corrected chi connectivity index (χ2v) is 8.35. The standard InChI is InChI=1S/C25H26FN3O3/c1-16(2)17-8-10-19(11-9-17)23(18-6-4-3-5-7-18)28-24(30)21-12-20(26)14-29(21)25(31)22-13-27-15-32-22/h3-11,13,15-16,20-21,23H,12,14H2,1-2H3,(H,28,30). The zero-order valence-electron chi connectivity index (χ0n) is 18.1. The van der Waals surface area contributed by atoms with Crippen molar-refractivity contribution in [2.45, 2.75) is 44.4 Å². The molecule has 3 aromatic rings. The van der Waals surface area contributed by atoms with Gasteiger partial charge in [0.05, 0.1) is 18.8 Å². The summed E-state index contributed by atoms with van der Waals surface area (Å²) in [6, 6.07) is 16.3. The number of carbonyl (C=O) groups excluding carboxylic acids is 2. The van der Waals surface area contributed by atoms with Gasteiger partial charge in [-0.2, -0.15) is 0 Å². The summed E-state index contributed by atoms with van der Waals surface area (Å²) in [7, 11) is 0. The van der Waals surface area contributed by atoms with Crippen molar-refractivity contribution < 1.29 is 18.4 Å². The number of carbonyl (C=O) groups is 2. The molecule has 3 atom stereocenters. The third-order valence-electron chi connectivity index (χ3n) is 5.81. The van der Waals surface area contributed by atoms with Gasteiger partial charge in [-0.15, -0.1) is 0 Å². The fourth-order valence-electron chi connectivity index (χ4n) is 4.04. The average molecular weight is 435 g/mol. The number of benzene rings is 2. The van der Waals surface area contributed by atoms with Gasteiger partial charge in [0, 0.05) is 6.42 Å². The van der Waals surface area contributed by atoms with Crippen LogP contribution in [0.15, 0.2) is 71.6 Å². The van der Waals surface area contributed by atoms with Crippen LogP contribution >= 0.6 is 0 Å². The molecule has 1 aromatic heterocycles. The van der Waals surface area contributed by atoms with Crippen LogP contribution in [-0.4, -0.2) is 40.5 Å². The monoisotopic (exact) mass is 435 g/mol. The van der Waals surface area contributed by atoms with Gasteiger partial charge in [-0.25, -0.2) is 9.37 Å². The third-order valence-corrected chi connectivity index (χ3v) is 5.81. The van der Waals surface area contributed by atoms with Gasteiger partial charge < -0.3 is 14.6 Å². The van der Waals surface area contributed by atoms with Gasteiger partial charge in [0.15, 0.2) is 6.39 Å². The van der Waals surface area contributed by atoms with E-state index in [1.54, 1.807) is 0 Å². The number of likely N-dealkylation sites (tertiary alicyclic amines) is 1. The molecule has 1 aliphatic rings. The summed E-state index contributed by atoms with van der Waals surface area (Å²) in [4.78, 5) is 31.0. The second-order valence-electron chi connectivity index (χ2n) is 8.35. The van der Waals surface area contributed by atoms with E-state index in [9.17, 15) is 14.0 Å². The first-order chi connectivity index (χ1) is 15.4. The zero-order chi connectivity index (χ0) is 22.7. The molecule has 166 valence electrons. The van der Waals surface area contributed by atoms with Gasteiger partial charge in [0.1, 0.15) is 12.2 Å². The normalized spacial score (nSPS) is 19.2. The van der Waals surface area contributed by atoms with E-state index in [4.69, 9.17) is 4.42 Å². The zero-order valence-corrected chi connectivity index (χ0v) is 18.1. The van der Waals surface area contributed by atoms with E-state index in [1.165, 1.54) is 16.7 Å². The fourth-order valence-corrected chi connectivity index (χ4v) is 4.04. The number of alkyl halides is 1. The second kappa shape index (κ2) is 9.34. The number of hydrogen-bond donors (Lipinski definition) is 1. The van der Waals surface area contributed by atoms with Crippen LogP contribution in [0.1, 0.15) is 59.5 Å². The molecule has 2 aromatic carbocycles. The highest BCUT2D eigenvalue weighted by Crippen LogP contribution is 2.27. The average Bonchev–Trinajstić information content (AvgIpc) is 3.48. The molecule has 1 aliphatic heterocycles. The molecule has 0 radical (unpaired) electrons. The Morgan fingerprint density at radius 1 is 1.06 bits per heavy atom. The Hall–Kier alpha value is -3.48. The van der Waals surface area contributed by atoms with E-state index in [0.29, 0.717) is 5.92 Å². The predicted molar refractivity (Wildman–Crippen MR) is 118 cm³/mol. The molecule has 1 N–H and O–H groups in total. The first-order valence-electron chi connectivity index (χ1n) is 10.7. The van der Waals surface area contributed by atoms with E-state index in [1.807, 2.05) is 42.5 Å². The molecule has 2 amide bonds. The molecular weight excluding hydrogens is 409 g/mol. The summed E-state index contributed by atoms with van der Waals surface area (Å²) in [5.41, 5.74) is 3.02. The Kier molecular flexibility index (Phi) is 6.35. The van der Waals surface area contributed by atoms with Gasteiger partial charge in [-0.1, -0.05) is 68.4 Å². The quantitative estimate of drug-likeness (QED) is 0.628. The summed E-state index contributed by atoms with van der Waals surface area (Å²) in [5.74, 6) is -0.564. The van der Waals surface area contributed by atoms with Gasteiger partial charge in [-0.3, -0.25) is 9.59 Å². The molecule has 6 nitrogen and oxygen atoms in total. The molecule has 7 heteroatoms. The van der Waals surface area contributed by atoms with Gasteiger partial charge >= 0.3 is 0 Å². The molecule has 2 heterocycles. The molecule has 0 spiro atoms. The van der Waals surface area contributed by atoms with Crippen LogP contribution in [0.2, 0.25) is 0 Å². The lowest BCUT2D eigenvalue weighted by Gasteiger charge is -2.26. The van der Waals surface area contributed by atoms with Crippen LogP contribution in [0.25, 0.3) is 0 Å². The number of aromatic nitrogens is 1. The van der Waals surface area contributed by atoms with Gasteiger partial charge in [0.25, 0.3) is 5.91 Å². The van der Waals surface area contributed by atoms with E-state index in [-0.39, 0.29) is 18.7 Å². The summed E-state index contributed by atoms with van der Waals surface area (Å²) in [6.07, 6.45) is 1.07. The summed E-state index contributed by atoms with van der Waals surface area (Å²) in [6.45, 7) is 4.09. The van der Waals surface area contributed by atoms with Crippen molar-refractivity contribution in [3.63, 3.8) is 0 Å². The van der Waals surface area contributed by atoms with Crippen LogP contribution in [0.3, 0.4) is 0 Å². The number of amides is 2. The van der Waals surface area contributed by atoms with Crippen LogP contribution in [-0.2, 0) is 4.79 Å². The first-order valence-corrected chi connectivity index (χ1v) is 10.7. The summed E-state index contributed by atoms with van der Waals surface area (Å²) < 4.78 is 19.3. The molecule has 1 saturated heterocycles. The van der Waals surface area contributed by atoms with Crippen molar-refractivity contribution in [3.05, 3.63) is 89.6 Å². The van der Waals surface area contributed by atoms with Crippen molar-refractivity contribution in [2.75, 3.05) is 6.54 Å². The van der Waals surface area contributed by atoms with Crippen molar-refractivity contribution in [1.29, 1.82) is 0 Å². The van der Waals surface area contributed by atoms with Crippen LogP contribution in [0.5, 0.6) is 0 Å². The van der Waals surface area contributed by atoms with Crippen molar-refractivity contribution in [2.24, 2.45) is 0 Å². The van der Waals surface area contributed by atoms with E-state index in [2.05, 4.69) is 36.3 Å². The number of rotatable bonds is 6. The number of halogens is 1. The first kappa shape index (κ1) is 21.7. The molecule has 0 saturated carbocycles. The Bertz CT molecular complexity index is 1050. The summed E-state index contributed by atoms with van der Waals surface area (Å²) >= 11 is 0. The molecule has 4 rings (SSSR count). The number of oxazole rings is 1. The molecule has 0 aliphatic carbocycles. The highest BCUT2D eigenvalue weighted by atomic mass is 19.1. The molecule has 32 heavy (non-hydrogen) atoms. The molecule has 0 bridgehead atoms. The molecule has 1 fully saturated rings. The Labute approximate surface area is 186 Å². The Morgan fingerprint density at radius 2 is 1.72 bits per heavy atom. The highest BCUT2D eigenvalue weighted by molar-refractivity contribution is 5.96. The van der Waals surface area contributed by atoms with E-state index < -0.39 is 30.1 Å². The Morgan fingerprint density at radius 3 is 2.34 bits per heavy atom. The highest BCUT2D eigenvalue weighted by Gasteiger charge is 2.41. The SMILES string of the molecule is CC(C)c1ccc(C(NC(=O)C2CC(F)CN2C(=O)c2cnco2)c2ccccc2)cc1. The topological polar surface area (TPSA) is 75.4 Å². The molecular formula is C25H26FN3O3. The van der Waals surface area contributed by atoms with Crippen LogP contribution in [0.4, 0.5) is 4.39 Å². The molecule has 3 unspecified atom stereocenters. The largest absolute Gasteiger partial charge is 0.438 e. The lowest BCUT2D eigenvalue weighted by atomic mass is 9.95. The van der Waals surface area contributed by atoms with Crippen molar-refractivity contribution in [1.82, 2.24) is 15.2 Å². The predicted octanol–water partition coefficient (Wildman–Crippen LogP) is 4.26. The van der Waals surface area contributed by atoms with Gasteiger partial charge in [-0.05, 0) is 22.6 Å².